The second-order valence-electron chi connectivity index (χ2n) is 5.71. The molecule has 0 bridgehead atoms. The molecule has 2 rings (SSSR count). The van der Waals surface area contributed by atoms with E-state index in [2.05, 4.69) is 20.9 Å². The number of carbonyl (C=O) groups is 1. The number of hydrogen-bond donors (Lipinski definition) is 3. The Morgan fingerprint density at radius 1 is 0.957 bits per heavy atom. The minimum absolute atomic E-state index is 0.287. The molecule has 0 unspecified atom stereocenters. The number of nitrogens with zero attached hydrogens (tertiary/aromatic N) is 1. The van der Waals surface area contributed by atoms with E-state index in [-0.39, 0.29) is 5.97 Å². The molecule has 6 nitrogen and oxygen atoms in total. The zero-order valence-corrected chi connectivity index (χ0v) is 13.9. The van der Waals surface area contributed by atoms with E-state index in [1.165, 1.54) is 12.7 Å². The number of nitrogens with one attached hydrogen (secondary N) is 3. The first-order valence-electron chi connectivity index (χ1n) is 8.31. The Morgan fingerprint density at radius 3 is 2.00 bits per heavy atom. The molecule has 0 amide bonds. The Bertz CT molecular complexity index is 452. The second kappa shape index (κ2) is 10.3. The van der Waals surface area contributed by atoms with Gasteiger partial charge in [-0.1, -0.05) is 12.1 Å². The Hall–Kier alpha value is -1.47. The summed E-state index contributed by atoms with van der Waals surface area (Å²) >= 11 is 0. The van der Waals surface area contributed by atoms with Gasteiger partial charge in [0.2, 0.25) is 0 Å². The summed E-state index contributed by atoms with van der Waals surface area (Å²) in [5.74, 6) is -0.287. The number of ether oxygens (including phenoxy) is 1. The highest BCUT2D eigenvalue weighted by Gasteiger charge is 2.08. The molecule has 23 heavy (non-hydrogen) atoms. The van der Waals surface area contributed by atoms with E-state index < -0.39 is 0 Å². The predicted molar refractivity (Wildman–Crippen MR) is 91.7 cm³/mol. The minimum atomic E-state index is -0.287. The van der Waals surface area contributed by atoms with E-state index in [9.17, 15) is 4.79 Å². The van der Waals surface area contributed by atoms with Gasteiger partial charge in [0, 0.05) is 58.9 Å². The number of methoxy groups -OCH3 is 1. The van der Waals surface area contributed by atoms with Crippen LogP contribution in [0.25, 0.3) is 0 Å². The van der Waals surface area contributed by atoms with Gasteiger partial charge >= 0.3 is 5.97 Å². The fraction of sp³-hybridized carbons (Fsp3) is 0.588. The topological polar surface area (TPSA) is 65.6 Å². The second-order valence-corrected chi connectivity index (χ2v) is 5.71. The van der Waals surface area contributed by atoms with Crippen LogP contribution in [0, 0.1) is 0 Å². The fourth-order valence-corrected chi connectivity index (χ4v) is 2.60. The van der Waals surface area contributed by atoms with Crippen molar-refractivity contribution in [2.45, 2.75) is 6.54 Å². The molecule has 1 aliphatic heterocycles. The molecular weight excluding hydrogens is 292 g/mol. The molecule has 0 aromatic heterocycles. The number of esters is 1. The van der Waals surface area contributed by atoms with Crippen LogP contribution >= 0.6 is 0 Å². The summed E-state index contributed by atoms with van der Waals surface area (Å²) in [4.78, 5) is 13.9. The van der Waals surface area contributed by atoms with Crippen molar-refractivity contribution in [3.63, 3.8) is 0 Å². The highest BCUT2D eigenvalue weighted by Crippen LogP contribution is 2.08. The Morgan fingerprint density at radius 2 is 1.48 bits per heavy atom. The van der Waals surface area contributed by atoms with E-state index in [0.717, 1.165) is 58.9 Å². The molecule has 0 saturated carbocycles. The molecular formula is C17H28N4O2. The van der Waals surface area contributed by atoms with E-state index >= 15 is 0 Å². The molecule has 1 fully saturated rings. The molecule has 0 spiro atoms. The van der Waals surface area contributed by atoms with Gasteiger partial charge in [-0.15, -0.1) is 0 Å². The number of carbonyl (C=O) groups excluding carboxylic acids is 1. The Balaban J connectivity index is 1.87. The van der Waals surface area contributed by atoms with Crippen molar-refractivity contribution in [1.29, 1.82) is 0 Å². The zero-order valence-electron chi connectivity index (χ0n) is 13.9. The smallest absolute Gasteiger partial charge is 0.337 e. The highest BCUT2D eigenvalue weighted by molar-refractivity contribution is 5.89. The highest BCUT2D eigenvalue weighted by atomic mass is 16.5. The molecule has 1 heterocycles. The fourth-order valence-electron chi connectivity index (χ4n) is 2.60. The van der Waals surface area contributed by atoms with Crippen LogP contribution < -0.4 is 16.0 Å². The van der Waals surface area contributed by atoms with E-state index in [1.807, 2.05) is 24.3 Å². The lowest BCUT2D eigenvalue weighted by Gasteiger charge is -2.23. The maximum absolute atomic E-state index is 11.5. The quantitative estimate of drug-likeness (QED) is 0.685. The van der Waals surface area contributed by atoms with Gasteiger partial charge in [0.25, 0.3) is 0 Å². The zero-order chi connectivity index (χ0) is 16.3. The van der Waals surface area contributed by atoms with Crippen LogP contribution in [0.1, 0.15) is 15.9 Å². The third kappa shape index (κ3) is 6.66. The summed E-state index contributed by atoms with van der Waals surface area (Å²) in [5, 5.41) is 10.3. The van der Waals surface area contributed by atoms with Gasteiger partial charge in [-0.3, -0.25) is 4.90 Å². The largest absolute Gasteiger partial charge is 0.465 e. The van der Waals surface area contributed by atoms with Crippen LogP contribution in [-0.2, 0) is 11.3 Å². The lowest BCUT2D eigenvalue weighted by atomic mass is 10.1. The van der Waals surface area contributed by atoms with Crippen LogP contribution in [0.3, 0.4) is 0 Å². The van der Waals surface area contributed by atoms with Crippen LogP contribution in [0.5, 0.6) is 0 Å². The molecule has 1 aromatic carbocycles. The van der Waals surface area contributed by atoms with Gasteiger partial charge in [-0.25, -0.2) is 4.79 Å². The molecule has 3 N–H and O–H groups in total. The summed E-state index contributed by atoms with van der Waals surface area (Å²) in [7, 11) is 1.41. The normalized spacial score (nSPS) is 18.7. The predicted octanol–water partition coefficient (Wildman–Crippen LogP) is 0.0576. The standard InChI is InChI=1S/C17H28N4O2/c1-23-17(22)16-4-2-15(3-5-16)14-21-12-10-19-8-6-18-7-9-20-11-13-21/h2-5,18-20H,6-14H2,1H3. The van der Waals surface area contributed by atoms with Crippen molar-refractivity contribution < 1.29 is 9.53 Å². The van der Waals surface area contributed by atoms with Crippen LogP contribution in [0.15, 0.2) is 24.3 Å². The molecule has 1 aromatic rings. The van der Waals surface area contributed by atoms with Crippen molar-refractivity contribution in [3.8, 4) is 0 Å². The Kier molecular flexibility index (Phi) is 8.03. The first kappa shape index (κ1) is 17.9. The van der Waals surface area contributed by atoms with Gasteiger partial charge < -0.3 is 20.7 Å². The van der Waals surface area contributed by atoms with Crippen molar-refractivity contribution in [2.24, 2.45) is 0 Å². The van der Waals surface area contributed by atoms with Crippen molar-refractivity contribution in [1.82, 2.24) is 20.9 Å². The summed E-state index contributed by atoms with van der Waals surface area (Å²) in [5.41, 5.74) is 1.81. The van der Waals surface area contributed by atoms with Gasteiger partial charge in [0.1, 0.15) is 0 Å². The lowest BCUT2D eigenvalue weighted by Crippen LogP contribution is -2.41. The lowest BCUT2D eigenvalue weighted by molar-refractivity contribution is 0.0600. The first-order chi connectivity index (χ1) is 11.3. The maximum atomic E-state index is 11.5. The first-order valence-corrected chi connectivity index (χ1v) is 8.31. The molecule has 1 saturated heterocycles. The Labute approximate surface area is 138 Å². The minimum Gasteiger partial charge on any atom is -0.465 e. The summed E-state index contributed by atoms with van der Waals surface area (Å²) in [6.07, 6.45) is 0. The van der Waals surface area contributed by atoms with Gasteiger partial charge in [-0.2, -0.15) is 0 Å². The van der Waals surface area contributed by atoms with E-state index in [0.29, 0.717) is 5.56 Å². The number of rotatable bonds is 3. The van der Waals surface area contributed by atoms with Gasteiger partial charge in [0.05, 0.1) is 12.7 Å². The average Bonchev–Trinajstić information content (AvgIpc) is 2.57. The maximum Gasteiger partial charge on any atom is 0.337 e. The van der Waals surface area contributed by atoms with Crippen molar-refractivity contribution >= 4 is 5.97 Å². The number of hydrogen-bond acceptors (Lipinski definition) is 6. The third-order valence-electron chi connectivity index (χ3n) is 3.95. The SMILES string of the molecule is COC(=O)c1ccc(CN2CCNCCNCCNCC2)cc1. The van der Waals surface area contributed by atoms with Crippen molar-refractivity contribution in [2.75, 3.05) is 59.5 Å². The summed E-state index contributed by atoms with van der Waals surface area (Å²) in [6, 6.07) is 7.68. The van der Waals surface area contributed by atoms with Crippen molar-refractivity contribution in [3.05, 3.63) is 35.4 Å². The third-order valence-corrected chi connectivity index (χ3v) is 3.95. The van der Waals surface area contributed by atoms with Gasteiger partial charge in [0.15, 0.2) is 0 Å². The van der Waals surface area contributed by atoms with Crippen LogP contribution in [0.4, 0.5) is 0 Å². The van der Waals surface area contributed by atoms with Gasteiger partial charge in [-0.05, 0) is 17.7 Å². The molecule has 0 aliphatic carbocycles. The average molecular weight is 320 g/mol. The number of benzene rings is 1. The molecule has 0 atom stereocenters. The molecule has 0 radical (unpaired) electrons. The summed E-state index contributed by atoms with van der Waals surface area (Å²) in [6.45, 7) is 8.92. The van der Waals surface area contributed by atoms with E-state index in [4.69, 9.17) is 4.74 Å². The van der Waals surface area contributed by atoms with Crippen LogP contribution in [-0.4, -0.2) is 70.3 Å². The van der Waals surface area contributed by atoms with Crippen LogP contribution in [0.2, 0.25) is 0 Å². The summed E-state index contributed by atoms with van der Waals surface area (Å²) < 4.78 is 4.73. The molecule has 1 aliphatic rings. The monoisotopic (exact) mass is 320 g/mol. The molecule has 128 valence electrons. The molecule has 6 heteroatoms. The van der Waals surface area contributed by atoms with E-state index in [1.54, 1.807) is 0 Å².